The van der Waals surface area contributed by atoms with Gasteiger partial charge in [-0.25, -0.2) is 0 Å². The monoisotopic (exact) mass is 161 g/mol. The highest BCUT2D eigenvalue weighted by atomic mass is 16.3. The van der Waals surface area contributed by atoms with Crippen molar-refractivity contribution in [3.63, 3.8) is 0 Å². The Kier molecular flexibility index (Phi) is 5.33. The predicted molar refractivity (Wildman–Crippen MR) is 49.3 cm³/mol. The van der Waals surface area contributed by atoms with Crippen molar-refractivity contribution in [2.45, 2.75) is 0 Å². The average molecular weight is 161 g/mol. The van der Waals surface area contributed by atoms with Crippen LogP contribution in [0.1, 0.15) is 0 Å². The summed E-state index contributed by atoms with van der Waals surface area (Å²) in [7, 11) is 0. The van der Waals surface area contributed by atoms with Gasteiger partial charge >= 0.3 is 0 Å². The highest BCUT2D eigenvalue weighted by Crippen LogP contribution is 2.02. The minimum Gasteiger partial charge on any atom is -0.392 e. The molecular weight excluding hydrogens is 150 g/mol. The number of hydrogen-bond donors (Lipinski definition) is 1. The maximum absolute atomic E-state index is 8.74. The van der Waals surface area contributed by atoms with Gasteiger partial charge in [-0.1, -0.05) is 25.3 Å². The molecule has 0 aliphatic carbocycles. The van der Waals surface area contributed by atoms with Crippen LogP contribution in [-0.2, 0) is 0 Å². The molecule has 0 aliphatic rings. The van der Waals surface area contributed by atoms with E-state index in [4.69, 9.17) is 10.4 Å². The Morgan fingerprint density at radius 2 is 2.17 bits per heavy atom. The largest absolute Gasteiger partial charge is 0.392 e. The van der Waals surface area contributed by atoms with Gasteiger partial charge in [0.15, 0.2) is 0 Å². The molecule has 0 saturated heterocycles. The summed E-state index contributed by atoms with van der Waals surface area (Å²) in [5, 5.41) is 17.3. The van der Waals surface area contributed by atoms with Crippen LogP contribution in [0.15, 0.2) is 48.6 Å². The van der Waals surface area contributed by atoms with Crippen LogP contribution in [0.5, 0.6) is 0 Å². The summed E-state index contributed by atoms with van der Waals surface area (Å²) in [6.07, 6.45) is 6.16. The van der Waals surface area contributed by atoms with Crippen molar-refractivity contribution in [2.24, 2.45) is 0 Å². The summed E-state index contributed by atoms with van der Waals surface area (Å²) in [6, 6.07) is 1.96. The fraction of sp³-hybridized carbons (Fsp3) is 0.100. The van der Waals surface area contributed by atoms with Crippen LogP contribution in [-0.4, -0.2) is 11.7 Å². The third-order valence-corrected chi connectivity index (χ3v) is 1.21. The molecule has 0 saturated carbocycles. The second-order valence-electron chi connectivity index (χ2n) is 2.05. The highest BCUT2D eigenvalue weighted by Gasteiger charge is 1.91. The molecule has 2 nitrogen and oxygen atoms in total. The van der Waals surface area contributed by atoms with Crippen molar-refractivity contribution in [1.82, 2.24) is 0 Å². The van der Waals surface area contributed by atoms with Crippen LogP contribution in [0, 0.1) is 11.3 Å². The first-order chi connectivity index (χ1) is 5.78. The molecule has 12 heavy (non-hydrogen) atoms. The van der Waals surface area contributed by atoms with Gasteiger partial charge in [-0.15, -0.1) is 0 Å². The molecule has 0 unspecified atom stereocenters. The summed E-state index contributed by atoms with van der Waals surface area (Å²) in [5.74, 6) is 0. The predicted octanol–water partition coefficient (Wildman–Crippen LogP) is 1.73. The highest BCUT2D eigenvalue weighted by molar-refractivity contribution is 5.40. The second kappa shape index (κ2) is 6.14. The average Bonchev–Trinajstić information content (AvgIpc) is 2.12. The SMILES string of the molecule is C=C/C=C(C#N)\C=C(/C=C)CO. The molecule has 2 heteroatoms. The molecule has 0 heterocycles. The lowest BCUT2D eigenvalue weighted by atomic mass is 10.1. The van der Waals surface area contributed by atoms with Gasteiger partial charge in [-0.05, 0) is 17.7 Å². The van der Waals surface area contributed by atoms with E-state index < -0.39 is 0 Å². The Morgan fingerprint density at radius 1 is 1.50 bits per heavy atom. The number of nitrogens with zero attached hydrogens (tertiary/aromatic N) is 1. The Bertz CT molecular complexity index is 266. The quantitative estimate of drug-likeness (QED) is 0.504. The Hall–Kier alpha value is -1.59. The summed E-state index contributed by atoms with van der Waals surface area (Å²) in [4.78, 5) is 0. The Labute approximate surface area is 72.5 Å². The third kappa shape index (κ3) is 3.55. The van der Waals surface area contributed by atoms with Crippen molar-refractivity contribution in [1.29, 1.82) is 5.26 Å². The van der Waals surface area contributed by atoms with E-state index >= 15 is 0 Å². The topological polar surface area (TPSA) is 44.0 Å². The molecule has 0 aliphatic heterocycles. The van der Waals surface area contributed by atoms with E-state index in [9.17, 15) is 0 Å². The van der Waals surface area contributed by atoms with Crippen LogP contribution in [0.25, 0.3) is 0 Å². The van der Waals surface area contributed by atoms with Gasteiger partial charge in [0, 0.05) is 0 Å². The summed E-state index contributed by atoms with van der Waals surface area (Å²) >= 11 is 0. The van der Waals surface area contributed by atoms with Crippen molar-refractivity contribution < 1.29 is 5.11 Å². The number of hydrogen-bond acceptors (Lipinski definition) is 2. The van der Waals surface area contributed by atoms with Crippen LogP contribution < -0.4 is 0 Å². The fourth-order valence-electron chi connectivity index (χ4n) is 0.613. The van der Waals surface area contributed by atoms with Crippen molar-refractivity contribution >= 4 is 0 Å². The van der Waals surface area contributed by atoms with E-state index in [-0.39, 0.29) is 6.61 Å². The first kappa shape index (κ1) is 10.4. The zero-order chi connectivity index (χ0) is 9.40. The van der Waals surface area contributed by atoms with Crippen LogP contribution >= 0.6 is 0 Å². The fourth-order valence-corrected chi connectivity index (χ4v) is 0.613. The molecule has 1 N–H and O–H groups in total. The van der Waals surface area contributed by atoms with Crippen LogP contribution in [0.4, 0.5) is 0 Å². The first-order valence-corrected chi connectivity index (χ1v) is 3.45. The standard InChI is InChI=1S/C10H11NO/c1-3-5-10(7-11)6-9(4-2)8-12/h3-6,12H,1-2,8H2/b9-6+,10-5+. The number of aliphatic hydroxyl groups excluding tert-OH is 1. The molecule has 0 amide bonds. The van der Waals surface area contributed by atoms with Gasteiger partial charge in [0.05, 0.1) is 18.2 Å². The zero-order valence-corrected chi connectivity index (χ0v) is 6.83. The molecule has 0 aromatic carbocycles. The van der Waals surface area contributed by atoms with Gasteiger partial charge in [-0.2, -0.15) is 5.26 Å². The summed E-state index contributed by atoms with van der Waals surface area (Å²) in [5.41, 5.74) is 1.07. The molecular formula is C10H11NO. The van der Waals surface area contributed by atoms with E-state index in [1.54, 1.807) is 12.2 Å². The van der Waals surface area contributed by atoms with Crippen molar-refractivity contribution in [3.8, 4) is 6.07 Å². The molecule has 0 spiro atoms. The van der Waals surface area contributed by atoms with E-state index in [0.717, 1.165) is 0 Å². The molecule has 0 bridgehead atoms. The lowest BCUT2D eigenvalue weighted by Crippen LogP contribution is -1.86. The van der Waals surface area contributed by atoms with Crippen molar-refractivity contribution in [2.75, 3.05) is 6.61 Å². The summed E-state index contributed by atoms with van der Waals surface area (Å²) in [6.45, 7) is 6.84. The van der Waals surface area contributed by atoms with Gasteiger partial charge in [0.25, 0.3) is 0 Å². The van der Waals surface area contributed by atoms with Crippen LogP contribution in [0.2, 0.25) is 0 Å². The molecule has 0 radical (unpaired) electrons. The lowest BCUT2D eigenvalue weighted by molar-refractivity contribution is 0.335. The lowest BCUT2D eigenvalue weighted by Gasteiger charge is -1.93. The molecule has 0 rings (SSSR count). The maximum Gasteiger partial charge on any atom is 0.0991 e. The zero-order valence-electron chi connectivity index (χ0n) is 6.83. The Balaban J connectivity index is 4.68. The van der Waals surface area contributed by atoms with Crippen molar-refractivity contribution in [3.05, 3.63) is 48.6 Å². The van der Waals surface area contributed by atoms with E-state index in [0.29, 0.717) is 11.1 Å². The van der Waals surface area contributed by atoms with E-state index in [2.05, 4.69) is 13.2 Å². The maximum atomic E-state index is 8.74. The first-order valence-electron chi connectivity index (χ1n) is 3.45. The number of aliphatic hydroxyl groups is 1. The minimum atomic E-state index is -0.111. The molecule has 0 aromatic rings. The minimum absolute atomic E-state index is 0.111. The third-order valence-electron chi connectivity index (χ3n) is 1.21. The smallest absolute Gasteiger partial charge is 0.0991 e. The number of nitriles is 1. The number of rotatable bonds is 4. The van der Waals surface area contributed by atoms with Gasteiger partial charge in [-0.3, -0.25) is 0 Å². The van der Waals surface area contributed by atoms with E-state index in [1.165, 1.54) is 12.2 Å². The molecule has 0 aromatic heterocycles. The normalized spacial score (nSPS) is 12.0. The molecule has 62 valence electrons. The summed E-state index contributed by atoms with van der Waals surface area (Å²) < 4.78 is 0. The van der Waals surface area contributed by atoms with Gasteiger partial charge in [0.2, 0.25) is 0 Å². The second-order valence-corrected chi connectivity index (χ2v) is 2.05. The Morgan fingerprint density at radius 3 is 2.50 bits per heavy atom. The van der Waals surface area contributed by atoms with Crippen LogP contribution in [0.3, 0.4) is 0 Å². The number of allylic oxidation sites excluding steroid dienone is 4. The van der Waals surface area contributed by atoms with Gasteiger partial charge < -0.3 is 5.11 Å². The molecule has 0 fully saturated rings. The van der Waals surface area contributed by atoms with Gasteiger partial charge in [0.1, 0.15) is 0 Å². The van der Waals surface area contributed by atoms with E-state index in [1.807, 2.05) is 6.07 Å². The molecule has 0 atom stereocenters.